The average molecular weight is 692 g/mol. The molecular weight excluding hydrogens is 656 g/mol. The van der Waals surface area contributed by atoms with Crippen molar-refractivity contribution in [3.05, 3.63) is 73.3 Å². The number of rotatable bonds is 7. The summed E-state index contributed by atoms with van der Waals surface area (Å²) in [4.78, 5) is 30.8. The first-order valence-corrected chi connectivity index (χ1v) is 11.8. The van der Waals surface area contributed by atoms with Crippen LogP contribution in [-0.4, -0.2) is 33.0 Å². The Morgan fingerprint density at radius 1 is 1.00 bits per heavy atom. The van der Waals surface area contributed by atoms with Gasteiger partial charge in [0.2, 0.25) is 0 Å². The van der Waals surface area contributed by atoms with Crippen LogP contribution >= 0.6 is 22.6 Å². The Bertz CT molecular complexity index is 842. The Balaban J connectivity index is -0.0000000919. The summed E-state index contributed by atoms with van der Waals surface area (Å²) in [5.74, 6) is 0.0793. The maximum Gasteiger partial charge on any atom is 1.00 e. The molecular formula is C23H34FIK2N2O8. The second kappa shape index (κ2) is 32.6. The number of alkyl halides is 2. The summed E-state index contributed by atoms with van der Waals surface area (Å²) in [5, 5.41) is 37.9. The second-order valence-corrected chi connectivity index (χ2v) is 7.77. The predicted octanol–water partition coefficient (Wildman–Crippen LogP) is -0.0369. The number of nitro groups is 2. The van der Waals surface area contributed by atoms with E-state index < -0.39 is 12.1 Å². The van der Waals surface area contributed by atoms with Crippen LogP contribution < -0.4 is 108 Å². The van der Waals surface area contributed by atoms with Crippen molar-refractivity contribution in [2.75, 3.05) is 11.6 Å². The molecule has 1 N–H and O–H groups in total. The maximum atomic E-state index is 10.3. The molecule has 14 heteroatoms. The summed E-state index contributed by atoms with van der Waals surface area (Å²) >= 11 is 2.43. The number of halogens is 2. The minimum Gasteiger partial charge on any atom is -1.00 e. The average Bonchev–Trinajstić information content (AvgIpc) is 2.84. The number of nitrogens with zero attached hydrogens (tertiary/aromatic N) is 2. The van der Waals surface area contributed by atoms with Gasteiger partial charge in [-0.05, 0) is 54.4 Å². The summed E-state index contributed by atoms with van der Waals surface area (Å²) in [7, 11) is -1.00. The number of hydrogen-bond donors (Lipinski definition) is 1. The van der Waals surface area contributed by atoms with Crippen molar-refractivity contribution in [3.8, 4) is 5.75 Å². The number of non-ortho nitro benzene ring substituents is 2. The molecule has 0 spiro atoms. The molecule has 10 nitrogen and oxygen atoms in total. The monoisotopic (exact) mass is 691 g/mol. The van der Waals surface area contributed by atoms with E-state index in [2.05, 4.69) is 34.4 Å². The summed E-state index contributed by atoms with van der Waals surface area (Å²) in [6, 6.07) is 8.76. The molecule has 0 aliphatic heterocycles. The number of phenols is 1. The van der Waals surface area contributed by atoms with E-state index in [4.69, 9.17) is 16.5 Å². The van der Waals surface area contributed by atoms with Crippen LogP contribution in [0.2, 0.25) is 0 Å². The third kappa shape index (κ3) is 27.8. The standard InChI is InChI=1S/C8H9NO2.C7H7NO3.C6H13I.CH3F.CH2O3.2K.H/c1-6-3-4-8(9(10)11)5-7(6)2;1-5-4-6(8(10)11)2-3-7(5)9;1-2-3-4-5-6-7;1-2;2-1-4-3;;;/h3-5H,1-2H3;2-4,9H,1H3;2-6H2,1H3;1H3;1,3H;;;/q;;;;;2*+1;-1/p-1/i;;;1D;;;;. The van der Waals surface area contributed by atoms with Crippen molar-refractivity contribution < 1.29 is 140 Å². The third-order valence-electron chi connectivity index (χ3n) is 4.12. The number of carbonyl (C=O) groups excluding carboxylic acids is 1. The Morgan fingerprint density at radius 3 is 1.76 bits per heavy atom. The van der Waals surface area contributed by atoms with Gasteiger partial charge in [-0.1, -0.05) is 54.8 Å². The molecule has 0 aliphatic rings. The first-order valence-electron chi connectivity index (χ1n) is 11.0. The first-order chi connectivity index (χ1) is 17.0. The summed E-state index contributed by atoms with van der Waals surface area (Å²) in [5.41, 5.74) is 2.71. The smallest absolute Gasteiger partial charge is 1.00 e. The van der Waals surface area contributed by atoms with Crippen LogP contribution in [-0.2, 0) is 9.68 Å². The van der Waals surface area contributed by atoms with Gasteiger partial charge in [0.25, 0.3) is 17.8 Å². The fourth-order valence-electron chi connectivity index (χ4n) is 2.11. The summed E-state index contributed by atoms with van der Waals surface area (Å²) < 4.78 is 16.8. The molecule has 2 aromatic rings. The molecule has 0 aromatic heterocycles. The molecule has 0 bridgehead atoms. The van der Waals surface area contributed by atoms with Crippen molar-refractivity contribution in [3.63, 3.8) is 0 Å². The van der Waals surface area contributed by atoms with Gasteiger partial charge in [-0.2, -0.15) is 0 Å². The number of aryl methyl sites for hydroxylation is 3. The Labute approximate surface area is 319 Å². The molecule has 0 saturated heterocycles. The minimum atomic E-state index is -1.00. The molecule has 2 aromatic carbocycles. The number of nitro benzene ring substituents is 2. The quantitative estimate of drug-likeness (QED) is 0.0621. The second-order valence-electron chi connectivity index (χ2n) is 6.70. The topological polar surface area (TPSA) is 156 Å². The van der Waals surface area contributed by atoms with E-state index in [0.29, 0.717) is 5.56 Å². The van der Waals surface area contributed by atoms with E-state index in [1.54, 1.807) is 19.1 Å². The maximum absolute atomic E-state index is 10.3. The van der Waals surface area contributed by atoms with Crippen molar-refractivity contribution in [1.29, 1.82) is 0 Å². The molecule has 0 radical (unpaired) electrons. The number of hydrogen-bond acceptors (Lipinski definition) is 8. The van der Waals surface area contributed by atoms with Crippen molar-refractivity contribution in [2.24, 2.45) is 0 Å². The number of benzene rings is 2. The van der Waals surface area contributed by atoms with Gasteiger partial charge in [-0.15, -0.1) is 0 Å². The zero-order valence-electron chi connectivity index (χ0n) is 24.2. The number of phenolic OH excluding ortho intramolecular Hbond substituents is 1. The predicted molar refractivity (Wildman–Crippen MR) is 140 cm³/mol. The zero-order valence-corrected chi connectivity index (χ0v) is 30.6. The van der Waals surface area contributed by atoms with Gasteiger partial charge in [0, 0.05) is 24.3 Å². The van der Waals surface area contributed by atoms with Gasteiger partial charge in [0.05, 0.1) is 18.4 Å². The van der Waals surface area contributed by atoms with Crippen LogP contribution in [0.3, 0.4) is 0 Å². The fraction of sp³-hybridized carbons (Fsp3) is 0.435. The van der Waals surface area contributed by atoms with Crippen LogP contribution in [0.4, 0.5) is 15.8 Å². The molecule has 0 fully saturated rings. The number of unbranched alkanes of at least 4 members (excludes halogenated alkanes) is 3. The molecule has 2 rings (SSSR count). The van der Waals surface area contributed by atoms with Crippen LogP contribution in [0.5, 0.6) is 5.75 Å². The molecule has 0 unspecified atom stereocenters. The largest absolute Gasteiger partial charge is 1.00 e. The molecule has 0 amide bonds. The third-order valence-corrected chi connectivity index (χ3v) is 4.88. The van der Waals surface area contributed by atoms with E-state index in [1.807, 2.05) is 13.8 Å². The van der Waals surface area contributed by atoms with E-state index >= 15 is 0 Å². The summed E-state index contributed by atoms with van der Waals surface area (Å²) in [6.45, 7) is 7.47. The molecule has 0 saturated carbocycles. The minimum absolute atomic E-state index is 0. The van der Waals surface area contributed by atoms with Gasteiger partial charge >= 0.3 is 103 Å². The van der Waals surface area contributed by atoms with Gasteiger partial charge in [0.1, 0.15) is 5.75 Å². The van der Waals surface area contributed by atoms with Crippen LogP contribution in [0, 0.1) is 41.0 Å². The fourth-order valence-corrected chi connectivity index (χ4v) is 2.65. The van der Waals surface area contributed by atoms with Crippen LogP contribution in [0.1, 0.15) is 52.1 Å². The van der Waals surface area contributed by atoms with Crippen molar-refractivity contribution in [2.45, 2.75) is 53.4 Å². The first kappa shape index (κ1) is 44.4. The van der Waals surface area contributed by atoms with E-state index in [0.717, 1.165) is 11.1 Å². The molecule has 37 heavy (non-hydrogen) atoms. The molecule has 0 atom stereocenters. The number of carbonyl (C=O) groups is 1. The van der Waals surface area contributed by atoms with Crippen LogP contribution in [0.15, 0.2) is 36.4 Å². The Hall–Kier alpha value is 0.403. The molecule has 200 valence electrons. The van der Waals surface area contributed by atoms with E-state index in [9.17, 15) is 24.6 Å². The Morgan fingerprint density at radius 2 is 1.43 bits per heavy atom. The Kier molecular flexibility index (Phi) is 39.2. The van der Waals surface area contributed by atoms with Gasteiger partial charge in [-0.25, -0.2) is 0 Å². The van der Waals surface area contributed by atoms with Crippen molar-refractivity contribution >= 4 is 40.4 Å². The number of aromatic hydroxyl groups is 1. The van der Waals surface area contributed by atoms with Crippen molar-refractivity contribution in [1.82, 2.24) is 0 Å². The van der Waals surface area contributed by atoms with Gasteiger partial charge < -0.3 is 16.7 Å². The van der Waals surface area contributed by atoms with E-state index in [-0.39, 0.29) is 133 Å². The van der Waals surface area contributed by atoms with Gasteiger partial charge in [0.15, 0.2) is 0 Å². The van der Waals surface area contributed by atoms with Crippen LogP contribution in [0.25, 0.3) is 0 Å². The normalized spacial score (nSPS) is 8.57. The van der Waals surface area contributed by atoms with E-state index in [1.165, 1.54) is 54.4 Å². The molecule has 0 aliphatic carbocycles. The summed E-state index contributed by atoms with van der Waals surface area (Å²) in [6.07, 6.45) is 5.62. The molecule has 0 heterocycles. The van der Waals surface area contributed by atoms with Gasteiger partial charge in [-0.3, -0.25) is 29.4 Å². The zero-order chi connectivity index (χ0) is 28.5. The SMILES string of the molecule is CCCCCCI.Cc1cc([N+](=O)[O-])ccc1O.Cc1ccc([N+](=O)[O-])cc1C.O=CO[O-].[2H]CF.[H-].[K+].[K+].